The van der Waals surface area contributed by atoms with E-state index in [0.29, 0.717) is 6.04 Å². The molecule has 2 aromatic heterocycles. The summed E-state index contributed by atoms with van der Waals surface area (Å²) < 4.78 is 2.84. The van der Waals surface area contributed by atoms with E-state index in [1.165, 1.54) is 0 Å². The Morgan fingerprint density at radius 1 is 1.53 bits per heavy atom. The van der Waals surface area contributed by atoms with Crippen LogP contribution in [0.1, 0.15) is 19.0 Å². The molecule has 0 aromatic carbocycles. The van der Waals surface area contributed by atoms with E-state index in [2.05, 4.69) is 44.7 Å². The van der Waals surface area contributed by atoms with E-state index >= 15 is 0 Å². The lowest BCUT2D eigenvalue weighted by Crippen LogP contribution is -2.25. The summed E-state index contributed by atoms with van der Waals surface area (Å²) in [6.07, 6.45) is 8.43. The van der Waals surface area contributed by atoms with E-state index in [1.807, 2.05) is 22.9 Å². The van der Waals surface area contributed by atoms with E-state index in [1.54, 1.807) is 6.20 Å². The van der Waals surface area contributed by atoms with E-state index in [9.17, 15) is 0 Å². The van der Waals surface area contributed by atoms with Gasteiger partial charge in [0, 0.05) is 18.8 Å². The third-order valence-corrected chi connectivity index (χ3v) is 3.00. The van der Waals surface area contributed by atoms with Crippen molar-refractivity contribution in [2.75, 3.05) is 0 Å². The van der Waals surface area contributed by atoms with Crippen molar-refractivity contribution in [3.8, 4) is 0 Å². The molecule has 0 aliphatic heterocycles. The molecule has 0 amide bonds. The average molecular weight is 295 g/mol. The van der Waals surface area contributed by atoms with Gasteiger partial charge in [-0.15, -0.1) is 6.58 Å². The quantitative estimate of drug-likeness (QED) is 0.862. The van der Waals surface area contributed by atoms with E-state index in [0.717, 1.165) is 28.9 Å². The molecule has 0 aliphatic rings. The summed E-state index contributed by atoms with van der Waals surface area (Å²) in [6.45, 7) is 6.66. The van der Waals surface area contributed by atoms with Crippen molar-refractivity contribution < 1.29 is 0 Å². The minimum atomic E-state index is 0.420. The van der Waals surface area contributed by atoms with Crippen LogP contribution in [0, 0.1) is 0 Å². The van der Waals surface area contributed by atoms with Crippen molar-refractivity contribution >= 4 is 21.6 Å². The summed E-state index contributed by atoms with van der Waals surface area (Å²) in [6, 6.07) is 0.420. The molecule has 1 N–H and O–H groups in total. The van der Waals surface area contributed by atoms with Gasteiger partial charge in [-0.05, 0) is 29.3 Å². The van der Waals surface area contributed by atoms with Gasteiger partial charge in [0.2, 0.25) is 0 Å². The molecule has 17 heavy (non-hydrogen) atoms. The van der Waals surface area contributed by atoms with Crippen molar-refractivity contribution in [3.63, 3.8) is 0 Å². The Balaban J connectivity index is 2.13. The SMILES string of the molecule is C=CCC(C)NCc1cnc2cnc(Br)cn12. The van der Waals surface area contributed by atoms with Crippen LogP contribution < -0.4 is 5.32 Å². The maximum atomic E-state index is 4.30. The fourth-order valence-electron chi connectivity index (χ4n) is 1.66. The highest BCUT2D eigenvalue weighted by atomic mass is 79.9. The number of rotatable bonds is 5. The molecule has 0 saturated heterocycles. The molecule has 90 valence electrons. The van der Waals surface area contributed by atoms with Crippen LogP contribution in [0.4, 0.5) is 0 Å². The second kappa shape index (κ2) is 5.42. The van der Waals surface area contributed by atoms with Crippen LogP contribution in [0.5, 0.6) is 0 Å². The van der Waals surface area contributed by atoms with Crippen LogP contribution in [0.2, 0.25) is 0 Å². The lowest BCUT2D eigenvalue weighted by Gasteiger charge is -2.11. The number of halogens is 1. The molecule has 2 aromatic rings. The van der Waals surface area contributed by atoms with Gasteiger partial charge >= 0.3 is 0 Å². The number of hydrogen-bond donors (Lipinski definition) is 1. The highest BCUT2D eigenvalue weighted by Crippen LogP contribution is 2.10. The van der Waals surface area contributed by atoms with E-state index in [-0.39, 0.29) is 0 Å². The summed E-state index contributed by atoms with van der Waals surface area (Å²) in [5.41, 5.74) is 1.99. The monoisotopic (exact) mass is 294 g/mol. The van der Waals surface area contributed by atoms with Crippen LogP contribution in [-0.2, 0) is 6.54 Å². The van der Waals surface area contributed by atoms with Crippen molar-refractivity contribution in [2.45, 2.75) is 25.9 Å². The molecule has 2 rings (SSSR count). The zero-order valence-corrected chi connectivity index (χ0v) is 11.3. The van der Waals surface area contributed by atoms with Crippen molar-refractivity contribution in [1.82, 2.24) is 19.7 Å². The predicted molar refractivity (Wildman–Crippen MR) is 71.8 cm³/mol. The lowest BCUT2D eigenvalue weighted by atomic mass is 10.2. The summed E-state index contributed by atoms with van der Waals surface area (Å²) in [7, 11) is 0. The maximum Gasteiger partial charge on any atom is 0.155 e. The van der Waals surface area contributed by atoms with Crippen LogP contribution in [0.25, 0.3) is 5.65 Å². The largest absolute Gasteiger partial charge is 0.308 e. The number of nitrogens with one attached hydrogen (secondary N) is 1. The first-order valence-electron chi connectivity index (χ1n) is 5.52. The van der Waals surface area contributed by atoms with Crippen molar-refractivity contribution in [1.29, 1.82) is 0 Å². The minimum absolute atomic E-state index is 0.420. The first-order chi connectivity index (χ1) is 8.20. The van der Waals surface area contributed by atoms with Crippen LogP contribution in [-0.4, -0.2) is 20.4 Å². The Labute approximate surface area is 109 Å². The van der Waals surface area contributed by atoms with Crippen LogP contribution >= 0.6 is 15.9 Å². The molecule has 0 fully saturated rings. The highest BCUT2D eigenvalue weighted by molar-refractivity contribution is 9.10. The number of aromatic nitrogens is 3. The second-order valence-electron chi connectivity index (χ2n) is 3.99. The van der Waals surface area contributed by atoms with Gasteiger partial charge in [-0.25, -0.2) is 9.97 Å². The van der Waals surface area contributed by atoms with Gasteiger partial charge in [0.15, 0.2) is 5.65 Å². The first kappa shape index (κ1) is 12.3. The fourth-order valence-corrected chi connectivity index (χ4v) is 1.97. The molecular weight excluding hydrogens is 280 g/mol. The molecule has 1 unspecified atom stereocenters. The zero-order chi connectivity index (χ0) is 12.3. The highest BCUT2D eigenvalue weighted by Gasteiger charge is 2.05. The Bertz CT molecular complexity index is 520. The third-order valence-electron chi connectivity index (χ3n) is 2.59. The van der Waals surface area contributed by atoms with Gasteiger partial charge < -0.3 is 5.32 Å². The minimum Gasteiger partial charge on any atom is -0.308 e. The van der Waals surface area contributed by atoms with Crippen molar-refractivity contribution in [3.05, 3.63) is 41.5 Å². The summed E-state index contributed by atoms with van der Waals surface area (Å²) in [5, 5.41) is 3.43. The first-order valence-corrected chi connectivity index (χ1v) is 6.31. The molecular formula is C12H15BrN4. The molecule has 0 bridgehead atoms. The fraction of sp³-hybridized carbons (Fsp3) is 0.333. The number of fused-ring (bicyclic) bond motifs is 1. The number of nitrogens with zero attached hydrogens (tertiary/aromatic N) is 3. The zero-order valence-electron chi connectivity index (χ0n) is 9.73. The standard InChI is InChI=1S/C12H15BrN4/c1-3-4-9(2)14-5-10-6-16-12-7-15-11(13)8-17(10)12/h3,6-9,14H,1,4-5H2,2H3. The summed E-state index contributed by atoms with van der Waals surface area (Å²) >= 11 is 3.36. The average Bonchev–Trinajstić information content (AvgIpc) is 2.69. The molecule has 2 heterocycles. The predicted octanol–water partition coefficient (Wildman–Crippen LogP) is 2.55. The Morgan fingerprint density at radius 3 is 3.12 bits per heavy atom. The molecule has 0 spiro atoms. The normalized spacial score (nSPS) is 12.8. The Kier molecular flexibility index (Phi) is 3.91. The van der Waals surface area contributed by atoms with Gasteiger partial charge in [-0.3, -0.25) is 4.40 Å². The van der Waals surface area contributed by atoms with E-state index in [4.69, 9.17) is 0 Å². The maximum absolute atomic E-state index is 4.30. The van der Waals surface area contributed by atoms with Crippen molar-refractivity contribution in [2.24, 2.45) is 0 Å². The smallest absolute Gasteiger partial charge is 0.155 e. The molecule has 1 atom stereocenters. The van der Waals surface area contributed by atoms with Gasteiger partial charge in [-0.1, -0.05) is 6.08 Å². The number of hydrogen-bond acceptors (Lipinski definition) is 3. The molecule has 4 nitrogen and oxygen atoms in total. The molecule has 0 radical (unpaired) electrons. The molecule has 0 aliphatic carbocycles. The van der Waals surface area contributed by atoms with Gasteiger partial charge in [0.05, 0.1) is 18.1 Å². The third kappa shape index (κ3) is 2.92. The lowest BCUT2D eigenvalue weighted by molar-refractivity contribution is 0.546. The second-order valence-corrected chi connectivity index (χ2v) is 4.81. The summed E-state index contributed by atoms with van der Waals surface area (Å²) in [5.74, 6) is 0. The number of imidazole rings is 1. The van der Waals surface area contributed by atoms with E-state index < -0.39 is 0 Å². The summed E-state index contributed by atoms with van der Waals surface area (Å²) in [4.78, 5) is 8.45. The van der Waals surface area contributed by atoms with Crippen LogP contribution in [0.3, 0.4) is 0 Å². The van der Waals surface area contributed by atoms with Gasteiger partial charge in [-0.2, -0.15) is 0 Å². The van der Waals surface area contributed by atoms with Gasteiger partial charge in [0.1, 0.15) is 4.60 Å². The Hall–Kier alpha value is -1.20. The topological polar surface area (TPSA) is 42.2 Å². The van der Waals surface area contributed by atoms with Gasteiger partial charge in [0.25, 0.3) is 0 Å². The van der Waals surface area contributed by atoms with Crippen LogP contribution in [0.15, 0.2) is 35.8 Å². The molecule has 5 heteroatoms. The molecule has 0 saturated carbocycles. The Morgan fingerprint density at radius 2 is 2.35 bits per heavy atom.